The molecule has 0 fully saturated rings. The van der Waals surface area contributed by atoms with Gasteiger partial charge in [0.15, 0.2) is 0 Å². The van der Waals surface area contributed by atoms with E-state index in [-0.39, 0.29) is 5.69 Å². The van der Waals surface area contributed by atoms with E-state index >= 15 is 0 Å². The molecule has 0 aliphatic carbocycles. The summed E-state index contributed by atoms with van der Waals surface area (Å²) >= 11 is 0. The molecule has 0 spiro atoms. The van der Waals surface area contributed by atoms with Crippen LogP contribution >= 0.6 is 0 Å². The van der Waals surface area contributed by atoms with Gasteiger partial charge < -0.3 is 0 Å². The molecule has 4 heteroatoms. The highest BCUT2D eigenvalue weighted by Crippen LogP contribution is 2.16. The molecular formula is C9H10F2N2. The van der Waals surface area contributed by atoms with Crippen LogP contribution in [0.3, 0.4) is 0 Å². The largest absolute Gasteiger partial charge is 0.207 e. The molecule has 0 amide bonds. The molecule has 0 aliphatic rings. The first-order valence-corrected chi connectivity index (χ1v) is 4.06. The zero-order valence-electron chi connectivity index (χ0n) is 7.30. The van der Waals surface area contributed by atoms with E-state index in [2.05, 4.69) is 10.2 Å². The molecule has 0 aliphatic heterocycles. The van der Waals surface area contributed by atoms with Gasteiger partial charge in [0.1, 0.15) is 11.6 Å². The van der Waals surface area contributed by atoms with Gasteiger partial charge in [-0.15, -0.1) is 0 Å². The first kappa shape index (κ1) is 9.77. The van der Waals surface area contributed by atoms with E-state index in [1.165, 1.54) is 0 Å². The lowest BCUT2D eigenvalue weighted by Crippen LogP contribution is -1.78. The summed E-state index contributed by atoms with van der Waals surface area (Å²) in [6.45, 7) is 2.52. The lowest BCUT2D eigenvalue weighted by Gasteiger charge is -1.93. The van der Waals surface area contributed by atoms with Crippen molar-refractivity contribution in [2.24, 2.45) is 10.2 Å². The van der Waals surface area contributed by atoms with Crippen molar-refractivity contribution < 1.29 is 8.78 Å². The van der Waals surface area contributed by atoms with Crippen LogP contribution in [0.2, 0.25) is 0 Å². The Balaban J connectivity index is 2.77. The Morgan fingerprint density at radius 1 is 1.15 bits per heavy atom. The predicted molar refractivity (Wildman–Crippen MR) is 46.0 cm³/mol. The maximum absolute atomic E-state index is 12.6. The summed E-state index contributed by atoms with van der Waals surface area (Å²) in [6.07, 6.45) is 0.862. The Morgan fingerprint density at radius 3 is 2.31 bits per heavy atom. The summed E-state index contributed by atoms with van der Waals surface area (Å²) in [5, 5.41) is 7.40. The number of nitrogens with zero attached hydrogens (tertiary/aromatic N) is 2. The molecule has 1 aromatic carbocycles. The standard InChI is InChI=1S/C9H10F2N2/c1-2-3-12-13-9-5-7(10)4-8(11)6-9/h4-6H,2-3H2,1H3. The number of hydrogen-bond donors (Lipinski definition) is 0. The Morgan fingerprint density at radius 2 is 1.77 bits per heavy atom. The molecule has 70 valence electrons. The van der Waals surface area contributed by atoms with Crippen LogP contribution in [0.1, 0.15) is 13.3 Å². The van der Waals surface area contributed by atoms with Crippen LogP contribution in [0.5, 0.6) is 0 Å². The minimum atomic E-state index is -0.634. The molecule has 0 saturated carbocycles. The lowest BCUT2D eigenvalue weighted by atomic mass is 10.3. The molecule has 0 unspecified atom stereocenters. The number of halogens is 2. The van der Waals surface area contributed by atoms with E-state index in [1.54, 1.807) is 0 Å². The molecule has 0 bridgehead atoms. The number of benzene rings is 1. The molecule has 0 heterocycles. The van der Waals surface area contributed by atoms with E-state index in [0.717, 1.165) is 24.6 Å². The van der Waals surface area contributed by atoms with Crippen molar-refractivity contribution in [3.8, 4) is 0 Å². The lowest BCUT2D eigenvalue weighted by molar-refractivity contribution is 0.583. The molecule has 1 rings (SSSR count). The maximum atomic E-state index is 12.6. The highest BCUT2D eigenvalue weighted by Gasteiger charge is 1.98. The van der Waals surface area contributed by atoms with Gasteiger partial charge in [-0.25, -0.2) is 8.78 Å². The van der Waals surface area contributed by atoms with Crippen LogP contribution < -0.4 is 0 Å². The summed E-state index contributed by atoms with van der Waals surface area (Å²) in [5.41, 5.74) is 0.214. The topological polar surface area (TPSA) is 24.7 Å². The second-order valence-electron chi connectivity index (χ2n) is 2.59. The summed E-state index contributed by atoms with van der Waals surface area (Å²) in [7, 11) is 0. The molecule has 0 radical (unpaired) electrons. The predicted octanol–water partition coefficient (Wildman–Crippen LogP) is 3.46. The average Bonchev–Trinajstić information content (AvgIpc) is 2.03. The second kappa shape index (κ2) is 4.64. The molecule has 0 atom stereocenters. The zero-order valence-corrected chi connectivity index (χ0v) is 7.30. The summed E-state index contributed by atoms with van der Waals surface area (Å²) in [4.78, 5) is 0. The Bertz CT molecular complexity index is 290. The van der Waals surface area contributed by atoms with E-state index in [0.29, 0.717) is 6.54 Å². The van der Waals surface area contributed by atoms with Crippen LogP contribution in [-0.4, -0.2) is 6.54 Å². The van der Waals surface area contributed by atoms with Crippen LogP contribution in [-0.2, 0) is 0 Å². The third kappa shape index (κ3) is 3.27. The average molecular weight is 184 g/mol. The van der Waals surface area contributed by atoms with Gasteiger partial charge in [0, 0.05) is 18.2 Å². The minimum absolute atomic E-state index is 0.214. The Labute approximate surface area is 75.3 Å². The van der Waals surface area contributed by atoms with Gasteiger partial charge in [0.25, 0.3) is 0 Å². The maximum Gasteiger partial charge on any atom is 0.128 e. The van der Waals surface area contributed by atoms with Gasteiger partial charge in [-0.2, -0.15) is 10.2 Å². The third-order valence-electron chi connectivity index (χ3n) is 1.36. The van der Waals surface area contributed by atoms with Gasteiger partial charge in [0.05, 0.1) is 12.2 Å². The van der Waals surface area contributed by atoms with Crippen molar-refractivity contribution in [2.45, 2.75) is 13.3 Å². The quantitative estimate of drug-likeness (QED) is 0.642. The molecule has 1 aromatic rings. The summed E-state index contributed by atoms with van der Waals surface area (Å²) in [6, 6.07) is 3.09. The fourth-order valence-electron chi connectivity index (χ4n) is 0.829. The van der Waals surface area contributed by atoms with Crippen LogP contribution in [0, 0.1) is 11.6 Å². The first-order chi connectivity index (χ1) is 6.22. The van der Waals surface area contributed by atoms with Gasteiger partial charge in [-0.1, -0.05) is 6.92 Å². The molecule has 0 saturated heterocycles. The molecule has 13 heavy (non-hydrogen) atoms. The molecule has 2 nitrogen and oxygen atoms in total. The van der Waals surface area contributed by atoms with Crippen LogP contribution in [0.25, 0.3) is 0 Å². The summed E-state index contributed by atoms with van der Waals surface area (Å²) < 4.78 is 25.2. The Hall–Kier alpha value is -1.32. The smallest absolute Gasteiger partial charge is 0.128 e. The molecule has 0 N–H and O–H groups in total. The molecular weight excluding hydrogens is 174 g/mol. The van der Waals surface area contributed by atoms with Gasteiger partial charge in [0.2, 0.25) is 0 Å². The van der Waals surface area contributed by atoms with E-state index in [1.807, 2.05) is 6.92 Å². The fraction of sp³-hybridized carbons (Fsp3) is 0.333. The van der Waals surface area contributed by atoms with E-state index in [4.69, 9.17) is 0 Å². The van der Waals surface area contributed by atoms with Crippen LogP contribution in [0.15, 0.2) is 28.4 Å². The normalized spacial score (nSPS) is 11.0. The first-order valence-electron chi connectivity index (χ1n) is 4.06. The SMILES string of the molecule is CCCN=Nc1cc(F)cc(F)c1. The van der Waals surface area contributed by atoms with Crippen molar-refractivity contribution in [2.75, 3.05) is 6.54 Å². The van der Waals surface area contributed by atoms with Gasteiger partial charge >= 0.3 is 0 Å². The Kier molecular flexibility index (Phi) is 3.49. The van der Waals surface area contributed by atoms with Crippen LogP contribution in [0.4, 0.5) is 14.5 Å². The van der Waals surface area contributed by atoms with Crippen molar-refractivity contribution >= 4 is 5.69 Å². The number of azo groups is 1. The van der Waals surface area contributed by atoms with Crippen molar-refractivity contribution in [1.82, 2.24) is 0 Å². The van der Waals surface area contributed by atoms with Crippen molar-refractivity contribution in [1.29, 1.82) is 0 Å². The van der Waals surface area contributed by atoms with Gasteiger partial charge in [-0.05, 0) is 6.42 Å². The second-order valence-corrected chi connectivity index (χ2v) is 2.59. The van der Waals surface area contributed by atoms with E-state index < -0.39 is 11.6 Å². The van der Waals surface area contributed by atoms with Crippen molar-refractivity contribution in [3.05, 3.63) is 29.8 Å². The number of hydrogen-bond acceptors (Lipinski definition) is 2. The molecule has 0 aromatic heterocycles. The van der Waals surface area contributed by atoms with Crippen molar-refractivity contribution in [3.63, 3.8) is 0 Å². The minimum Gasteiger partial charge on any atom is -0.207 e. The third-order valence-corrected chi connectivity index (χ3v) is 1.36. The fourth-order valence-corrected chi connectivity index (χ4v) is 0.829. The zero-order chi connectivity index (χ0) is 9.68. The summed E-state index contributed by atoms with van der Waals surface area (Å²) in [5.74, 6) is -1.27. The van der Waals surface area contributed by atoms with E-state index in [9.17, 15) is 8.78 Å². The highest BCUT2D eigenvalue weighted by atomic mass is 19.1. The van der Waals surface area contributed by atoms with Gasteiger partial charge in [-0.3, -0.25) is 0 Å². The monoisotopic (exact) mass is 184 g/mol. The highest BCUT2D eigenvalue weighted by molar-refractivity contribution is 5.36. The number of rotatable bonds is 3.